The molecule has 0 aromatic heterocycles. The molecule has 2 rings (SSSR count). The predicted octanol–water partition coefficient (Wildman–Crippen LogP) is 2.70. The lowest BCUT2D eigenvalue weighted by Gasteiger charge is -2.13. The summed E-state index contributed by atoms with van der Waals surface area (Å²) >= 11 is 0. The van der Waals surface area contributed by atoms with Crippen molar-refractivity contribution >= 4 is 17.3 Å². The summed E-state index contributed by atoms with van der Waals surface area (Å²) in [7, 11) is 0. The van der Waals surface area contributed by atoms with Crippen molar-refractivity contribution in [1.29, 1.82) is 0 Å². The van der Waals surface area contributed by atoms with Crippen molar-refractivity contribution < 1.29 is 9.72 Å². The van der Waals surface area contributed by atoms with Crippen molar-refractivity contribution in [2.24, 2.45) is 0 Å². The molecular formula is C14H19N3O3. The van der Waals surface area contributed by atoms with Crippen LogP contribution in [0.1, 0.15) is 43.0 Å². The highest BCUT2D eigenvalue weighted by Crippen LogP contribution is 2.26. The third-order valence-electron chi connectivity index (χ3n) is 3.51. The maximum atomic E-state index is 12.1. The Kier molecular flexibility index (Phi) is 4.55. The molecule has 1 aromatic carbocycles. The van der Waals surface area contributed by atoms with Gasteiger partial charge in [0.15, 0.2) is 0 Å². The predicted molar refractivity (Wildman–Crippen MR) is 77.0 cm³/mol. The molecule has 0 spiro atoms. The number of hydrogen-bond donors (Lipinski definition) is 2. The molecule has 1 aliphatic carbocycles. The first-order valence-electron chi connectivity index (χ1n) is 6.95. The molecule has 1 saturated carbocycles. The molecule has 1 aliphatic rings. The first kappa shape index (κ1) is 14.3. The molecule has 1 amide bonds. The first-order valence-corrected chi connectivity index (χ1v) is 6.95. The van der Waals surface area contributed by atoms with Crippen LogP contribution in [0, 0.1) is 10.1 Å². The van der Waals surface area contributed by atoms with Crippen LogP contribution in [-0.4, -0.2) is 23.4 Å². The molecule has 0 heterocycles. The second kappa shape index (κ2) is 6.36. The van der Waals surface area contributed by atoms with E-state index < -0.39 is 4.92 Å². The van der Waals surface area contributed by atoms with E-state index in [2.05, 4.69) is 10.6 Å². The van der Waals surface area contributed by atoms with Crippen LogP contribution in [0.25, 0.3) is 0 Å². The molecule has 20 heavy (non-hydrogen) atoms. The zero-order valence-corrected chi connectivity index (χ0v) is 11.5. The van der Waals surface area contributed by atoms with Gasteiger partial charge in [-0.15, -0.1) is 0 Å². The summed E-state index contributed by atoms with van der Waals surface area (Å²) in [6, 6.07) is 4.66. The van der Waals surface area contributed by atoms with E-state index >= 15 is 0 Å². The minimum absolute atomic E-state index is 0.00994. The molecule has 0 aliphatic heterocycles. The summed E-state index contributed by atoms with van der Waals surface area (Å²) in [4.78, 5) is 22.6. The number of benzene rings is 1. The monoisotopic (exact) mass is 277 g/mol. The Balaban J connectivity index is 2.16. The lowest BCUT2D eigenvalue weighted by molar-refractivity contribution is -0.384. The maximum Gasteiger partial charge on any atom is 0.292 e. The normalized spacial score (nSPS) is 15.1. The van der Waals surface area contributed by atoms with Gasteiger partial charge in [0.25, 0.3) is 11.6 Å². The summed E-state index contributed by atoms with van der Waals surface area (Å²) in [5.41, 5.74) is 0.833. The molecule has 0 radical (unpaired) electrons. The lowest BCUT2D eigenvalue weighted by Crippen LogP contribution is -2.32. The highest BCUT2D eigenvalue weighted by Gasteiger charge is 2.20. The van der Waals surface area contributed by atoms with Crippen molar-refractivity contribution in [2.45, 2.75) is 38.6 Å². The van der Waals surface area contributed by atoms with Crippen LogP contribution in [0.3, 0.4) is 0 Å². The molecule has 0 atom stereocenters. The minimum atomic E-state index is -0.448. The lowest BCUT2D eigenvalue weighted by atomic mass is 10.1. The summed E-state index contributed by atoms with van der Waals surface area (Å²) in [6.07, 6.45) is 4.32. The number of anilines is 1. The topological polar surface area (TPSA) is 84.3 Å². The third-order valence-corrected chi connectivity index (χ3v) is 3.51. The van der Waals surface area contributed by atoms with E-state index in [0.717, 1.165) is 25.7 Å². The second-order valence-corrected chi connectivity index (χ2v) is 4.97. The molecule has 6 heteroatoms. The molecule has 6 nitrogen and oxygen atoms in total. The van der Waals surface area contributed by atoms with E-state index in [-0.39, 0.29) is 17.6 Å². The molecule has 0 bridgehead atoms. The second-order valence-electron chi connectivity index (χ2n) is 4.97. The van der Waals surface area contributed by atoms with Gasteiger partial charge in [0, 0.05) is 24.2 Å². The van der Waals surface area contributed by atoms with Crippen LogP contribution in [-0.2, 0) is 0 Å². The fraction of sp³-hybridized carbons (Fsp3) is 0.500. The van der Waals surface area contributed by atoms with Gasteiger partial charge in [0.1, 0.15) is 5.69 Å². The van der Waals surface area contributed by atoms with Gasteiger partial charge in [-0.05, 0) is 31.9 Å². The summed E-state index contributed by atoms with van der Waals surface area (Å²) in [5, 5.41) is 16.8. The van der Waals surface area contributed by atoms with Gasteiger partial charge in [-0.3, -0.25) is 14.9 Å². The fourth-order valence-corrected chi connectivity index (χ4v) is 2.51. The Morgan fingerprint density at radius 1 is 1.40 bits per heavy atom. The molecule has 1 fully saturated rings. The Bertz CT molecular complexity index is 510. The van der Waals surface area contributed by atoms with Gasteiger partial charge >= 0.3 is 0 Å². The number of rotatable bonds is 5. The van der Waals surface area contributed by atoms with Crippen molar-refractivity contribution in [3.8, 4) is 0 Å². The SMILES string of the molecule is CCNc1cc(C(=O)NC2CCCC2)ccc1[N+](=O)[O-]. The van der Waals surface area contributed by atoms with Crippen LogP contribution >= 0.6 is 0 Å². The average molecular weight is 277 g/mol. The number of nitrogens with one attached hydrogen (secondary N) is 2. The third kappa shape index (κ3) is 3.26. The number of carbonyl (C=O) groups excluding carboxylic acids is 1. The van der Waals surface area contributed by atoms with Gasteiger partial charge in [0.2, 0.25) is 0 Å². The summed E-state index contributed by atoms with van der Waals surface area (Å²) < 4.78 is 0. The smallest absolute Gasteiger partial charge is 0.292 e. The van der Waals surface area contributed by atoms with Crippen LogP contribution in [0.4, 0.5) is 11.4 Å². The van der Waals surface area contributed by atoms with Crippen LogP contribution in [0.5, 0.6) is 0 Å². The van der Waals surface area contributed by atoms with Gasteiger partial charge in [-0.25, -0.2) is 0 Å². The largest absolute Gasteiger partial charge is 0.380 e. The van der Waals surface area contributed by atoms with Gasteiger partial charge in [-0.1, -0.05) is 12.8 Å². The molecule has 108 valence electrons. The van der Waals surface area contributed by atoms with Gasteiger partial charge < -0.3 is 10.6 Å². The van der Waals surface area contributed by atoms with E-state index in [0.29, 0.717) is 17.8 Å². The van der Waals surface area contributed by atoms with E-state index in [9.17, 15) is 14.9 Å². The molecule has 0 unspecified atom stereocenters. The number of carbonyl (C=O) groups is 1. The van der Waals surface area contributed by atoms with Crippen LogP contribution in [0.2, 0.25) is 0 Å². The molecular weight excluding hydrogens is 258 g/mol. The summed E-state index contributed by atoms with van der Waals surface area (Å²) in [5.74, 6) is -0.161. The minimum Gasteiger partial charge on any atom is -0.380 e. The highest BCUT2D eigenvalue weighted by atomic mass is 16.6. The Labute approximate surface area is 117 Å². The standard InChI is InChI=1S/C14H19N3O3/c1-2-15-12-9-10(7-8-13(12)17(19)20)14(18)16-11-5-3-4-6-11/h7-9,11,15H,2-6H2,1H3,(H,16,18). The van der Waals surface area contributed by atoms with E-state index in [1.54, 1.807) is 6.07 Å². The van der Waals surface area contributed by atoms with Gasteiger partial charge in [-0.2, -0.15) is 0 Å². The Morgan fingerprint density at radius 3 is 2.70 bits per heavy atom. The zero-order valence-electron chi connectivity index (χ0n) is 11.5. The van der Waals surface area contributed by atoms with Crippen molar-refractivity contribution in [1.82, 2.24) is 5.32 Å². The number of hydrogen-bond acceptors (Lipinski definition) is 4. The maximum absolute atomic E-state index is 12.1. The Hall–Kier alpha value is -2.11. The van der Waals surface area contributed by atoms with Gasteiger partial charge in [0.05, 0.1) is 4.92 Å². The van der Waals surface area contributed by atoms with E-state index in [4.69, 9.17) is 0 Å². The number of nitrogens with zero attached hydrogens (tertiary/aromatic N) is 1. The zero-order chi connectivity index (χ0) is 14.5. The highest BCUT2D eigenvalue weighted by molar-refractivity contribution is 5.96. The van der Waals surface area contributed by atoms with Crippen molar-refractivity contribution in [2.75, 3.05) is 11.9 Å². The van der Waals surface area contributed by atoms with Crippen molar-refractivity contribution in [3.05, 3.63) is 33.9 Å². The molecule has 2 N–H and O–H groups in total. The Morgan fingerprint density at radius 2 is 2.10 bits per heavy atom. The summed E-state index contributed by atoms with van der Waals surface area (Å²) in [6.45, 7) is 2.42. The first-order chi connectivity index (χ1) is 9.61. The molecule has 0 saturated heterocycles. The average Bonchev–Trinajstić information content (AvgIpc) is 2.91. The van der Waals surface area contributed by atoms with Crippen LogP contribution < -0.4 is 10.6 Å². The quantitative estimate of drug-likeness (QED) is 0.640. The van der Waals surface area contributed by atoms with E-state index in [1.165, 1.54) is 12.1 Å². The van der Waals surface area contributed by atoms with Crippen molar-refractivity contribution in [3.63, 3.8) is 0 Å². The van der Waals surface area contributed by atoms with E-state index in [1.807, 2.05) is 6.92 Å². The number of nitro benzene ring substituents is 1. The fourth-order valence-electron chi connectivity index (χ4n) is 2.51. The molecule has 1 aromatic rings. The number of nitro groups is 1. The number of amides is 1. The van der Waals surface area contributed by atoms with Crippen LogP contribution in [0.15, 0.2) is 18.2 Å².